The van der Waals surface area contributed by atoms with Gasteiger partial charge in [-0.25, -0.2) is 0 Å². The summed E-state index contributed by atoms with van der Waals surface area (Å²) in [6.45, 7) is 0.406. The molecule has 0 saturated heterocycles. The molecule has 6 nitrogen and oxygen atoms in total. The summed E-state index contributed by atoms with van der Waals surface area (Å²) in [7, 11) is 6.73. The number of fused-ring (bicyclic) bond motifs is 1. The van der Waals surface area contributed by atoms with Crippen LogP contribution in [0.2, 0.25) is 0 Å². The second-order valence-electron chi connectivity index (χ2n) is 5.93. The van der Waals surface area contributed by atoms with Crippen molar-refractivity contribution in [2.45, 2.75) is 6.54 Å². The Morgan fingerprint density at radius 2 is 1.62 bits per heavy atom. The largest absolute Gasteiger partial charge is 0.497 e. The molecule has 0 atom stereocenters. The lowest BCUT2D eigenvalue weighted by Crippen LogP contribution is -2.22. The average molecular weight is 354 g/mol. The average Bonchev–Trinajstić information content (AvgIpc) is 3.00. The quantitative estimate of drug-likeness (QED) is 0.739. The molecule has 0 saturated carbocycles. The van der Waals surface area contributed by atoms with Crippen LogP contribution in [0.25, 0.3) is 10.9 Å². The number of methoxy groups -OCH3 is 3. The third-order valence-corrected chi connectivity index (χ3v) is 4.33. The van der Waals surface area contributed by atoms with E-state index in [9.17, 15) is 4.79 Å². The van der Waals surface area contributed by atoms with Crippen LogP contribution in [0.5, 0.6) is 17.2 Å². The highest BCUT2D eigenvalue weighted by molar-refractivity contribution is 5.95. The molecule has 0 aliphatic heterocycles. The molecule has 136 valence electrons. The number of carbonyl (C=O) groups excluding carboxylic acids is 1. The Labute approximate surface area is 152 Å². The van der Waals surface area contributed by atoms with Gasteiger partial charge in [0, 0.05) is 42.3 Å². The molecule has 6 heteroatoms. The molecule has 0 aliphatic carbocycles. The maximum atomic E-state index is 12.6. The number of aromatic nitrogens is 1. The van der Waals surface area contributed by atoms with Crippen molar-refractivity contribution >= 4 is 16.8 Å². The first kappa shape index (κ1) is 17.7. The van der Waals surface area contributed by atoms with Crippen LogP contribution in [0.1, 0.15) is 15.9 Å². The number of aryl methyl sites for hydroxylation is 1. The van der Waals surface area contributed by atoms with E-state index in [0.717, 1.165) is 22.2 Å². The molecule has 0 spiro atoms. The van der Waals surface area contributed by atoms with Gasteiger partial charge in [-0.15, -0.1) is 0 Å². The van der Waals surface area contributed by atoms with Crippen LogP contribution < -0.4 is 19.5 Å². The number of nitrogens with zero attached hydrogens (tertiary/aromatic N) is 1. The van der Waals surface area contributed by atoms with E-state index < -0.39 is 0 Å². The highest BCUT2D eigenvalue weighted by atomic mass is 16.5. The fourth-order valence-electron chi connectivity index (χ4n) is 2.94. The Bertz CT molecular complexity index is 924. The molecule has 0 aliphatic rings. The van der Waals surface area contributed by atoms with Gasteiger partial charge in [0.15, 0.2) is 0 Å². The van der Waals surface area contributed by atoms with E-state index in [2.05, 4.69) is 5.32 Å². The Kier molecular flexibility index (Phi) is 5.02. The zero-order valence-corrected chi connectivity index (χ0v) is 15.3. The Balaban J connectivity index is 1.83. The van der Waals surface area contributed by atoms with Crippen LogP contribution in [0.3, 0.4) is 0 Å². The molecule has 3 rings (SSSR count). The lowest BCUT2D eigenvalue weighted by Gasteiger charge is -2.09. The molecule has 2 aromatic carbocycles. The first-order valence-corrected chi connectivity index (χ1v) is 8.19. The zero-order chi connectivity index (χ0) is 18.7. The topological polar surface area (TPSA) is 61.7 Å². The van der Waals surface area contributed by atoms with E-state index in [0.29, 0.717) is 23.6 Å². The van der Waals surface area contributed by atoms with Crippen molar-refractivity contribution in [1.29, 1.82) is 0 Å². The van der Waals surface area contributed by atoms with Gasteiger partial charge in [-0.1, -0.05) is 0 Å². The number of nitrogens with one attached hydrogen (secondary N) is 1. The van der Waals surface area contributed by atoms with Gasteiger partial charge < -0.3 is 24.1 Å². The van der Waals surface area contributed by atoms with Gasteiger partial charge in [-0.2, -0.15) is 0 Å². The van der Waals surface area contributed by atoms with E-state index in [1.165, 1.54) is 0 Å². The summed E-state index contributed by atoms with van der Waals surface area (Å²) >= 11 is 0. The molecule has 0 bridgehead atoms. The molecule has 1 heterocycles. The summed E-state index contributed by atoms with van der Waals surface area (Å²) in [6.07, 6.45) is 2.01. The van der Waals surface area contributed by atoms with Gasteiger partial charge in [-0.3, -0.25) is 4.79 Å². The van der Waals surface area contributed by atoms with E-state index in [1.54, 1.807) is 39.5 Å². The Hall–Kier alpha value is -3.15. The van der Waals surface area contributed by atoms with Gasteiger partial charge >= 0.3 is 0 Å². The van der Waals surface area contributed by atoms with Gasteiger partial charge in [0.05, 0.1) is 21.3 Å². The lowest BCUT2D eigenvalue weighted by molar-refractivity contribution is 0.0950. The number of ether oxygens (including phenoxy) is 3. The summed E-state index contributed by atoms with van der Waals surface area (Å²) in [5, 5.41) is 4.01. The van der Waals surface area contributed by atoms with Crippen LogP contribution in [-0.4, -0.2) is 31.8 Å². The monoisotopic (exact) mass is 354 g/mol. The summed E-state index contributed by atoms with van der Waals surface area (Å²) in [4.78, 5) is 12.6. The number of benzene rings is 2. The fourth-order valence-corrected chi connectivity index (χ4v) is 2.94. The molecular weight excluding hydrogens is 332 g/mol. The standard InChI is InChI=1S/C20H22N2O4/c1-22-12-14(18-10-15(24-2)5-6-19(18)22)11-21-20(23)13-7-16(25-3)9-17(8-13)26-4/h5-10,12H,11H2,1-4H3,(H,21,23). The van der Waals surface area contributed by atoms with Gasteiger partial charge in [-0.05, 0) is 35.9 Å². The summed E-state index contributed by atoms with van der Waals surface area (Å²) in [6, 6.07) is 11.0. The second-order valence-corrected chi connectivity index (χ2v) is 5.93. The van der Waals surface area contributed by atoms with Crippen molar-refractivity contribution in [3.05, 3.63) is 53.7 Å². The van der Waals surface area contributed by atoms with Crippen molar-refractivity contribution in [2.75, 3.05) is 21.3 Å². The summed E-state index contributed by atoms with van der Waals surface area (Å²) < 4.78 is 17.8. The van der Waals surface area contributed by atoms with Crippen LogP contribution in [0, 0.1) is 0 Å². The predicted molar refractivity (Wildman–Crippen MR) is 100 cm³/mol. The van der Waals surface area contributed by atoms with Crippen molar-refractivity contribution in [2.24, 2.45) is 7.05 Å². The molecule has 1 amide bonds. The van der Waals surface area contributed by atoms with Crippen LogP contribution in [0.15, 0.2) is 42.6 Å². The highest BCUT2D eigenvalue weighted by Gasteiger charge is 2.12. The van der Waals surface area contributed by atoms with E-state index in [4.69, 9.17) is 14.2 Å². The first-order valence-electron chi connectivity index (χ1n) is 8.19. The fraction of sp³-hybridized carbons (Fsp3) is 0.250. The number of amides is 1. The van der Waals surface area contributed by atoms with Gasteiger partial charge in [0.2, 0.25) is 0 Å². The van der Waals surface area contributed by atoms with Crippen LogP contribution in [-0.2, 0) is 13.6 Å². The van der Waals surface area contributed by atoms with Gasteiger partial charge in [0.25, 0.3) is 5.91 Å². The molecule has 0 unspecified atom stereocenters. The summed E-state index contributed by atoms with van der Waals surface area (Å²) in [5.74, 6) is 1.74. The number of rotatable bonds is 6. The number of hydrogen-bond donors (Lipinski definition) is 1. The smallest absolute Gasteiger partial charge is 0.251 e. The third-order valence-electron chi connectivity index (χ3n) is 4.33. The normalized spacial score (nSPS) is 10.6. The molecule has 26 heavy (non-hydrogen) atoms. The Morgan fingerprint density at radius 3 is 2.23 bits per heavy atom. The van der Waals surface area contributed by atoms with Crippen LogP contribution >= 0.6 is 0 Å². The van der Waals surface area contributed by atoms with E-state index >= 15 is 0 Å². The van der Waals surface area contributed by atoms with Crippen molar-refractivity contribution in [3.63, 3.8) is 0 Å². The molecule has 1 N–H and O–H groups in total. The highest BCUT2D eigenvalue weighted by Crippen LogP contribution is 2.26. The SMILES string of the molecule is COc1cc(OC)cc(C(=O)NCc2cn(C)c3ccc(OC)cc23)c1. The molecule has 1 aromatic heterocycles. The molecule has 3 aromatic rings. The number of hydrogen-bond acceptors (Lipinski definition) is 4. The minimum absolute atomic E-state index is 0.193. The molecule has 0 fully saturated rings. The van der Waals surface area contributed by atoms with Crippen molar-refractivity contribution in [3.8, 4) is 17.2 Å². The maximum absolute atomic E-state index is 12.6. The maximum Gasteiger partial charge on any atom is 0.251 e. The Morgan fingerprint density at radius 1 is 0.962 bits per heavy atom. The predicted octanol–water partition coefficient (Wildman–Crippen LogP) is 3.13. The lowest BCUT2D eigenvalue weighted by atomic mass is 10.1. The zero-order valence-electron chi connectivity index (χ0n) is 15.3. The van der Waals surface area contributed by atoms with E-state index in [-0.39, 0.29) is 5.91 Å². The van der Waals surface area contributed by atoms with Crippen LogP contribution in [0.4, 0.5) is 0 Å². The molecule has 0 radical (unpaired) electrons. The minimum Gasteiger partial charge on any atom is -0.497 e. The van der Waals surface area contributed by atoms with Crippen molar-refractivity contribution < 1.29 is 19.0 Å². The molecular formula is C20H22N2O4. The van der Waals surface area contributed by atoms with Crippen molar-refractivity contribution in [1.82, 2.24) is 9.88 Å². The second kappa shape index (κ2) is 7.39. The summed E-state index contributed by atoms with van der Waals surface area (Å²) in [5.41, 5.74) is 2.58. The van der Waals surface area contributed by atoms with Gasteiger partial charge in [0.1, 0.15) is 17.2 Å². The van der Waals surface area contributed by atoms with E-state index in [1.807, 2.05) is 36.0 Å². The minimum atomic E-state index is -0.193. The third kappa shape index (κ3) is 3.44. The number of carbonyl (C=O) groups is 1. The first-order chi connectivity index (χ1) is 12.5.